The molecule has 114 valence electrons. The van der Waals surface area contributed by atoms with Crippen molar-refractivity contribution < 1.29 is 4.79 Å². The van der Waals surface area contributed by atoms with Crippen LogP contribution in [-0.2, 0) is 4.79 Å². The molecular weight excluding hydrogens is 268 g/mol. The molecule has 0 heterocycles. The fraction of sp³-hybridized carbons (Fsp3) is 0.875. The van der Waals surface area contributed by atoms with Crippen molar-refractivity contribution >= 4 is 23.1 Å². The Bertz CT molecular complexity index is 357. The van der Waals surface area contributed by atoms with Crippen LogP contribution >= 0.6 is 12.2 Å². The molecule has 0 bridgehead atoms. The Labute approximate surface area is 128 Å². The molecule has 1 atom stereocenters. The average Bonchev–Trinajstić information content (AvgIpc) is 2.48. The third kappa shape index (κ3) is 3.33. The molecule has 2 rings (SSSR count). The maximum absolute atomic E-state index is 12.7. The molecule has 2 fully saturated rings. The number of rotatable bonds is 4. The Morgan fingerprint density at radius 3 is 2.25 bits per heavy atom. The van der Waals surface area contributed by atoms with Gasteiger partial charge in [0.1, 0.15) is 0 Å². The summed E-state index contributed by atoms with van der Waals surface area (Å²) in [6.07, 6.45) is 11.4. The highest BCUT2D eigenvalue weighted by atomic mass is 32.1. The minimum atomic E-state index is -0.573. The van der Waals surface area contributed by atoms with Crippen LogP contribution < -0.4 is 11.1 Å². The van der Waals surface area contributed by atoms with E-state index in [4.69, 9.17) is 18.0 Å². The number of hydrogen-bond donors (Lipinski definition) is 2. The summed E-state index contributed by atoms with van der Waals surface area (Å²) in [6.45, 7) is 2.14. The third-order valence-electron chi connectivity index (χ3n) is 5.33. The van der Waals surface area contributed by atoms with Crippen molar-refractivity contribution in [1.29, 1.82) is 0 Å². The molecule has 0 spiro atoms. The van der Waals surface area contributed by atoms with Crippen molar-refractivity contribution in [1.82, 2.24) is 5.32 Å². The second-order valence-electron chi connectivity index (χ2n) is 6.67. The normalized spacial score (nSPS) is 24.9. The fourth-order valence-corrected chi connectivity index (χ4v) is 4.13. The zero-order valence-electron chi connectivity index (χ0n) is 12.6. The van der Waals surface area contributed by atoms with Gasteiger partial charge in [-0.3, -0.25) is 4.79 Å². The first-order chi connectivity index (χ1) is 9.56. The maximum atomic E-state index is 12.7. The fourth-order valence-electron chi connectivity index (χ4n) is 3.84. The van der Waals surface area contributed by atoms with Crippen LogP contribution in [0.15, 0.2) is 0 Å². The maximum Gasteiger partial charge on any atom is 0.233 e. The van der Waals surface area contributed by atoms with Gasteiger partial charge in [0.05, 0.1) is 10.4 Å². The van der Waals surface area contributed by atoms with E-state index >= 15 is 0 Å². The number of nitrogens with one attached hydrogen (secondary N) is 1. The highest BCUT2D eigenvalue weighted by Gasteiger charge is 2.43. The summed E-state index contributed by atoms with van der Waals surface area (Å²) in [5.74, 6) is 0.711. The van der Waals surface area contributed by atoms with Crippen LogP contribution in [0.2, 0.25) is 0 Å². The van der Waals surface area contributed by atoms with Gasteiger partial charge in [0.15, 0.2) is 0 Å². The zero-order valence-corrected chi connectivity index (χ0v) is 13.4. The Kier molecular flexibility index (Phi) is 5.42. The summed E-state index contributed by atoms with van der Waals surface area (Å²) in [6, 6.07) is 0.246. The van der Waals surface area contributed by atoms with Crippen LogP contribution in [0.25, 0.3) is 0 Å². The van der Waals surface area contributed by atoms with Crippen LogP contribution in [0.5, 0.6) is 0 Å². The van der Waals surface area contributed by atoms with Crippen molar-refractivity contribution in [2.45, 2.75) is 77.2 Å². The van der Waals surface area contributed by atoms with Crippen molar-refractivity contribution in [3.8, 4) is 0 Å². The number of carbonyl (C=O) groups excluding carboxylic acids is 1. The number of nitrogens with two attached hydrogens (primary N) is 1. The molecule has 0 saturated heterocycles. The van der Waals surface area contributed by atoms with E-state index in [0.29, 0.717) is 10.9 Å². The van der Waals surface area contributed by atoms with Gasteiger partial charge in [-0.1, -0.05) is 50.7 Å². The quantitative estimate of drug-likeness (QED) is 0.783. The Morgan fingerprint density at radius 2 is 1.70 bits per heavy atom. The number of hydrogen-bond acceptors (Lipinski definition) is 2. The minimum absolute atomic E-state index is 0.0859. The third-order valence-corrected chi connectivity index (χ3v) is 5.72. The van der Waals surface area contributed by atoms with E-state index < -0.39 is 5.41 Å². The van der Waals surface area contributed by atoms with Gasteiger partial charge in [-0.25, -0.2) is 0 Å². The lowest BCUT2D eigenvalue weighted by Crippen LogP contribution is -2.53. The van der Waals surface area contributed by atoms with Gasteiger partial charge in [0, 0.05) is 6.04 Å². The number of thiocarbonyl (C=S) groups is 1. The van der Waals surface area contributed by atoms with E-state index in [9.17, 15) is 4.79 Å². The summed E-state index contributed by atoms with van der Waals surface area (Å²) < 4.78 is 0. The van der Waals surface area contributed by atoms with E-state index in [1.807, 2.05) is 0 Å². The van der Waals surface area contributed by atoms with Gasteiger partial charge < -0.3 is 11.1 Å². The summed E-state index contributed by atoms with van der Waals surface area (Å²) in [4.78, 5) is 13.1. The van der Waals surface area contributed by atoms with Crippen LogP contribution in [0.3, 0.4) is 0 Å². The van der Waals surface area contributed by atoms with E-state index in [1.54, 1.807) is 0 Å². The molecule has 0 aromatic heterocycles. The molecule has 2 aliphatic rings. The molecule has 4 heteroatoms. The summed E-state index contributed by atoms with van der Waals surface area (Å²) in [5.41, 5.74) is 5.35. The van der Waals surface area contributed by atoms with Gasteiger partial charge >= 0.3 is 0 Å². The summed E-state index contributed by atoms with van der Waals surface area (Å²) >= 11 is 5.23. The molecule has 0 aliphatic heterocycles. The van der Waals surface area contributed by atoms with Gasteiger partial charge in [0.2, 0.25) is 5.91 Å². The largest absolute Gasteiger partial charge is 0.392 e. The lowest BCUT2D eigenvalue weighted by Gasteiger charge is -2.37. The van der Waals surface area contributed by atoms with E-state index in [0.717, 1.165) is 25.7 Å². The highest BCUT2D eigenvalue weighted by Crippen LogP contribution is 2.37. The van der Waals surface area contributed by atoms with Gasteiger partial charge in [0.25, 0.3) is 0 Å². The van der Waals surface area contributed by atoms with Crippen molar-refractivity contribution in [3.05, 3.63) is 0 Å². The lowest BCUT2D eigenvalue weighted by molar-refractivity contribution is -0.129. The summed E-state index contributed by atoms with van der Waals surface area (Å²) in [7, 11) is 0. The predicted octanol–water partition coefficient (Wildman–Crippen LogP) is 3.31. The van der Waals surface area contributed by atoms with Crippen LogP contribution in [-0.4, -0.2) is 16.9 Å². The standard InChI is InChI=1S/C16H28N2OS/c1-12(13-8-4-2-5-9-13)18-15(19)16(14(17)20)10-6-3-7-11-16/h12-13H,2-11H2,1H3,(H2,17,20)(H,18,19). The lowest BCUT2D eigenvalue weighted by atomic mass is 9.72. The van der Waals surface area contributed by atoms with Gasteiger partial charge in [-0.05, 0) is 38.5 Å². The van der Waals surface area contributed by atoms with Crippen molar-refractivity contribution in [3.63, 3.8) is 0 Å². The molecule has 2 saturated carbocycles. The number of amides is 1. The van der Waals surface area contributed by atoms with Crippen molar-refractivity contribution in [2.24, 2.45) is 17.1 Å². The number of carbonyl (C=O) groups is 1. The Balaban J connectivity index is 1.99. The van der Waals surface area contributed by atoms with Gasteiger partial charge in [-0.2, -0.15) is 0 Å². The molecule has 1 amide bonds. The van der Waals surface area contributed by atoms with Crippen LogP contribution in [0, 0.1) is 11.3 Å². The van der Waals surface area contributed by atoms with Crippen molar-refractivity contribution in [2.75, 3.05) is 0 Å². The first-order valence-corrected chi connectivity index (χ1v) is 8.58. The Hall–Kier alpha value is -0.640. The Morgan fingerprint density at radius 1 is 1.15 bits per heavy atom. The van der Waals surface area contributed by atoms with Gasteiger partial charge in [-0.15, -0.1) is 0 Å². The monoisotopic (exact) mass is 296 g/mol. The first kappa shape index (κ1) is 15.7. The molecular formula is C16H28N2OS. The molecule has 20 heavy (non-hydrogen) atoms. The predicted molar refractivity (Wildman–Crippen MR) is 86.5 cm³/mol. The topological polar surface area (TPSA) is 55.1 Å². The average molecular weight is 296 g/mol. The van der Waals surface area contributed by atoms with E-state index in [1.165, 1.54) is 38.5 Å². The summed E-state index contributed by atoms with van der Waals surface area (Å²) in [5, 5.41) is 3.24. The first-order valence-electron chi connectivity index (χ1n) is 8.17. The van der Waals surface area contributed by atoms with E-state index in [2.05, 4.69) is 12.2 Å². The second kappa shape index (κ2) is 6.88. The van der Waals surface area contributed by atoms with Crippen LogP contribution in [0.1, 0.15) is 71.1 Å². The molecule has 3 N–H and O–H groups in total. The molecule has 0 aromatic rings. The zero-order chi connectivity index (χ0) is 14.6. The van der Waals surface area contributed by atoms with E-state index in [-0.39, 0.29) is 11.9 Å². The SMILES string of the molecule is CC(NC(=O)C1(C(N)=S)CCCCC1)C1CCCCC1. The minimum Gasteiger partial charge on any atom is -0.392 e. The van der Waals surface area contributed by atoms with Crippen LogP contribution in [0.4, 0.5) is 0 Å². The highest BCUT2D eigenvalue weighted by molar-refractivity contribution is 7.80. The molecule has 2 aliphatic carbocycles. The smallest absolute Gasteiger partial charge is 0.233 e. The molecule has 0 aromatic carbocycles. The molecule has 1 unspecified atom stereocenters. The molecule has 0 radical (unpaired) electrons. The molecule has 3 nitrogen and oxygen atoms in total. The second-order valence-corrected chi connectivity index (χ2v) is 7.11.